The number of fused-ring (bicyclic) bond motifs is 1. The number of nitro groups is 1. The van der Waals surface area contributed by atoms with Crippen molar-refractivity contribution < 1.29 is 4.92 Å². The normalized spacial score (nSPS) is 16.0. The van der Waals surface area contributed by atoms with Gasteiger partial charge in [0.1, 0.15) is 5.00 Å². The van der Waals surface area contributed by atoms with Crippen molar-refractivity contribution in [3.05, 3.63) is 57.8 Å². The van der Waals surface area contributed by atoms with Crippen LogP contribution in [-0.2, 0) is 0 Å². The number of piperidine rings is 1. The van der Waals surface area contributed by atoms with E-state index in [1.165, 1.54) is 27.9 Å². The van der Waals surface area contributed by atoms with E-state index in [-0.39, 0.29) is 9.92 Å². The molecule has 4 rings (SSSR count). The predicted octanol–water partition coefficient (Wildman–Crippen LogP) is 4.83. The standard InChI is InChI=1S/C18H19N3O2S/c1-12-10-17(21(22)23)24-18(12)20-8-6-13(7-9-20)16-11-14-4-2-3-5-15(14)19-16/h2-5,10-11,13,19H,6-9H2,1H3. The van der Waals surface area contributed by atoms with Crippen LogP contribution in [0, 0.1) is 17.0 Å². The minimum atomic E-state index is -0.293. The van der Waals surface area contributed by atoms with Crippen molar-refractivity contribution in [1.82, 2.24) is 4.98 Å². The van der Waals surface area contributed by atoms with Crippen LogP contribution in [0.25, 0.3) is 10.9 Å². The molecule has 6 heteroatoms. The minimum Gasteiger partial charge on any atom is -0.363 e. The van der Waals surface area contributed by atoms with Crippen LogP contribution < -0.4 is 4.90 Å². The molecule has 1 aliphatic rings. The van der Waals surface area contributed by atoms with Gasteiger partial charge in [0.15, 0.2) is 0 Å². The van der Waals surface area contributed by atoms with E-state index in [0.717, 1.165) is 36.5 Å². The summed E-state index contributed by atoms with van der Waals surface area (Å²) in [5.74, 6) is 0.531. The van der Waals surface area contributed by atoms with Gasteiger partial charge < -0.3 is 9.88 Å². The number of para-hydroxylation sites is 1. The largest absolute Gasteiger partial charge is 0.363 e. The Morgan fingerprint density at radius 3 is 2.67 bits per heavy atom. The average Bonchev–Trinajstić information content (AvgIpc) is 3.18. The summed E-state index contributed by atoms with van der Waals surface area (Å²) in [4.78, 5) is 16.5. The third-order valence-corrected chi connectivity index (χ3v) is 6.08. The molecule has 0 radical (unpaired) electrons. The number of anilines is 1. The van der Waals surface area contributed by atoms with Crippen molar-refractivity contribution in [2.24, 2.45) is 0 Å². The molecule has 2 aromatic heterocycles. The number of aromatic nitrogens is 1. The van der Waals surface area contributed by atoms with Crippen LogP contribution in [-0.4, -0.2) is 23.0 Å². The number of rotatable bonds is 3. The van der Waals surface area contributed by atoms with Crippen molar-refractivity contribution in [2.45, 2.75) is 25.7 Å². The van der Waals surface area contributed by atoms with E-state index in [1.807, 2.05) is 6.92 Å². The van der Waals surface area contributed by atoms with E-state index in [2.05, 4.69) is 40.2 Å². The highest BCUT2D eigenvalue weighted by molar-refractivity contribution is 7.19. The second-order valence-electron chi connectivity index (χ2n) is 6.40. The first-order valence-electron chi connectivity index (χ1n) is 8.19. The summed E-state index contributed by atoms with van der Waals surface area (Å²) in [6, 6.07) is 12.3. The van der Waals surface area contributed by atoms with Gasteiger partial charge in [0.2, 0.25) is 0 Å². The van der Waals surface area contributed by atoms with Gasteiger partial charge in [-0.15, -0.1) is 0 Å². The molecular formula is C18H19N3O2S. The molecule has 0 saturated carbocycles. The van der Waals surface area contributed by atoms with Gasteiger partial charge in [-0.2, -0.15) is 0 Å². The molecule has 0 amide bonds. The molecule has 1 N–H and O–H groups in total. The zero-order valence-corrected chi connectivity index (χ0v) is 14.3. The molecule has 0 aliphatic carbocycles. The molecule has 0 bridgehead atoms. The summed E-state index contributed by atoms with van der Waals surface area (Å²) >= 11 is 1.29. The molecule has 3 heterocycles. The third kappa shape index (κ3) is 2.67. The van der Waals surface area contributed by atoms with Crippen molar-refractivity contribution >= 4 is 32.2 Å². The van der Waals surface area contributed by atoms with Gasteiger partial charge in [0.05, 0.1) is 4.92 Å². The number of hydrogen-bond donors (Lipinski definition) is 1. The van der Waals surface area contributed by atoms with Crippen molar-refractivity contribution in [1.29, 1.82) is 0 Å². The maximum atomic E-state index is 11.0. The maximum absolute atomic E-state index is 11.0. The number of H-pyrrole nitrogens is 1. The van der Waals surface area contributed by atoms with Crippen LogP contribution in [0.15, 0.2) is 36.4 Å². The lowest BCUT2D eigenvalue weighted by molar-refractivity contribution is -0.380. The lowest BCUT2D eigenvalue weighted by Crippen LogP contribution is -2.32. The predicted molar refractivity (Wildman–Crippen MR) is 98.2 cm³/mol. The lowest BCUT2D eigenvalue weighted by Gasteiger charge is -2.32. The summed E-state index contributed by atoms with van der Waals surface area (Å²) in [6.07, 6.45) is 2.13. The van der Waals surface area contributed by atoms with Gasteiger partial charge in [-0.05, 0) is 54.2 Å². The number of aryl methyl sites for hydroxylation is 1. The van der Waals surface area contributed by atoms with Crippen molar-refractivity contribution in [2.75, 3.05) is 18.0 Å². The second-order valence-corrected chi connectivity index (χ2v) is 7.41. The van der Waals surface area contributed by atoms with Crippen LogP contribution in [0.3, 0.4) is 0 Å². The molecule has 1 aromatic carbocycles. The minimum absolute atomic E-state index is 0.236. The zero-order valence-electron chi connectivity index (χ0n) is 13.5. The quantitative estimate of drug-likeness (QED) is 0.548. The Hall–Kier alpha value is -2.34. The number of nitrogens with one attached hydrogen (secondary N) is 1. The van der Waals surface area contributed by atoms with Crippen molar-refractivity contribution in [3.8, 4) is 0 Å². The zero-order chi connectivity index (χ0) is 16.7. The number of aromatic amines is 1. The fourth-order valence-electron chi connectivity index (χ4n) is 3.57. The Labute approximate surface area is 144 Å². The number of nitrogens with zero attached hydrogens (tertiary/aromatic N) is 2. The molecule has 0 spiro atoms. The Balaban J connectivity index is 1.49. The van der Waals surface area contributed by atoms with Gasteiger partial charge >= 0.3 is 5.00 Å². The van der Waals surface area contributed by atoms with Crippen LogP contribution in [0.5, 0.6) is 0 Å². The van der Waals surface area contributed by atoms with Gasteiger partial charge in [0, 0.05) is 36.3 Å². The first-order valence-corrected chi connectivity index (χ1v) is 9.01. The Morgan fingerprint density at radius 2 is 2.00 bits per heavy atom. The fraction of sp³-hybridized carbons (Fsp3) is 0.333. The van der Waals surface area contributed by atoms with Crippen LogP contribution in [0.1, 0.15) is 30.0 Å². The van der Waals surface area contributed by atoms with Crippen molar-refractivity contribution in [3.63, 3.8) is 0 Å². The van der Waals surface area contributed by atoms with E-state index < -0.39 is 0 Å². The maximum Gasteiger partial charge on any atom is 0.326 e. The molecule has 0 unspecified atom stereocenters. The number of hydrogen-bond acceptors (Lipinski definition) is 4. The Kier molecular flexibility index (Phi) is 3.76. The van der Waals surface area contributed by atoms with Gasteiger partial charge in [-0.25, -0.2) is 0 Å². The molecule has 1 saturated heterocycles. The summed E-state index contributed by atoms with van der Waals surface area (Å²) in [7, 11) is 0. The fourth-order valence-corrected chi connectivity index (χ4v) is 4.61. The molecular weight excluding hydrogens is 322 g/mol. The molecule has 1 fully saturated rings. The monoisotopic (exact) mass is 341 g/mol. The Bertz CT molecular complexity index is 858. The highest BCUT2D eigenvalue weighted by atomic mass is 32.1. The van der Waals surface area contributed by atoms with Gasteiger partial charge in [0.25, 0.3) is 0 Å². The number of thiophene rings is 1. The summed E-state index contributed by atoms with van der Waals surface area (Å²) in [5.41, 5.74) is 3.51. The van der Waals surface area contributed by atoms with Crippen LogP contribution >= 0.6 is 11.3 Å². The summed E-state index contributed by atoms with van der Waals surface area (Å²) in [5, 5.41) is 13.5. The molecule has 0 atom stereocenters. The van der Waals surface area contributed by atoms with E-state index in [1.54, 1.807) is 6.07 Å². The highest BCUT2D eigenvalue weighted by Crippen LogP contribution is 2.39. The average molecular weight is 341 g/mol. The van der Waals surface area contributed by atoms with Gasteiger partial charge in [-0.1, -0.05) is 18.2 Å². The SMILES string of the molecule is Cc1cc([N+](=O)[O-])sc1N1CCC(c2cc3ccccc3[nH]2)CC1. The molecule has 3 aromatic rings. The Morgan fingerprint density at radius 1 is 1.25 bits per heavy atom. The number of benzene rings is 1. The molecule has 5 nitrogen and oxygen atoms in total. The topological polar surface area (TPSA) is 62.2 Å². The lowest BCUT2D eigenvalue weighted by atomic mass is 9.93. The molecule has 1 aliphatic heterocycles. The molecule has 124 valence electrons. The summed E-state index contributed by atoms with van der Waals surface area (Å²) < 4.78 is 0. The highest BCUT2D eigenvalue weighted by Gasteiger charge is 2.25. The van der Waals surface area contributed by atoms with Gasteiger partial charge in [-0.3, -0.25) is 10.1 Å². The van der Waals surface area contributed by atoms with E-state index in [9.17, 15) is 10.1 Å². The molecule has 24 heavy (non-hydrogen) atoms. The smallest absolute Gasteiger partial charge is 0.326 e. The summed E-state index contributed by atoms with van der Waals surface area (Å²) in [6.45, 7) is 3.85. The van der Waals surface area contributed by atoms with Crippen LogP contribution in [0.2, 0.25) is 0 Å². The first kappa shape index (κ1) is 15.2. The van der Waals surface area contributed by atoms with Crippen LogP contribution in [0.4, 0.5) is 10.0 Å². The third-order valence-electron chi connectivity index (χ3n) is 4.83. The first-order chi connectivity index (χ1) is 11.6. The second kappa shape index (κ2) is 5.94. The van der Waals surface area contributed by atoms with E-state index in [4.69, 9.17) is 0 Å². The van der Waals surface area contributed by atoms with E-state index in [0.29, 0.717) is 5.92 Å². The van der Waals surface area contributed by atoms with E-state index >= 15 is 0 Å².